The summed E-state index contributed by atoms with van der Waals surface area (Å²) in [6, 6.07) is 10.2. The average Bonchev–Trinajstić information content (AvgIpc) is 2.75. The molecule has 2 aromatic heterocycles. The number of halogens is 2. The van der Waals surface area contributed by atoms with E-state index in [-0.39, 0.29) is 5.82 Å². The van der Waals surface area contributed by atoms with Crippen molar-refractivity contribution in [1.29, 1.82) is 0 Å². The molecule has 84 valence electrons. The second-order valence-corrected chi connectivity index (χ2v) is 4.08. The fraction of sp³-hybridized carbons (Fsp3) is 0. The first kappa shape index (κ1) is 10.3. The van der Waals surface area contributed by atoms with Crippen molar-refractivity contribution in [3.8, 4) is 11.3 Å². The third-order valence-corrected chi connectivity index (χ3v) is 2.93. The van der Waals surface area contributed by atoms with Gasteiger partial charge in [0.25, 0.3) is 0 Å². The zero-order chi connectivity index (χ0) is 11.8. The van der Waals surface area contributed by atoms with E-state index < -0.39 is 0 Å². The van der Waals surface area contributed by atoms with Crippen molar-refractivity contribution in [2.24, 2.45) is 0 Å². The van der Waals surface area contributed by atoms with Gasteiger partial charge in [-0.15, -0.1) is 0 Å². The molecule has 0 bridgehead atoms. The number of imidazole rings is 1. The average molecular weight is 247 g/mol. The fourth-order valence-electron chi connectivity index (χ4n) is 1.84. The minimum Gasteiger partial charge on any atom is -0.298 e. The largest absolute Gasteiger partial charge is 0.298 e. The van der Waals surface area contributed by atoms with Gasteiger partial charge in [0.1, 0.15) is 5.82 Å². The Labute approximate surface area is 102 Å². The molecule has 0 fully saturated rings. The molecule has 0 unspecified atom stereocenters. The Morgan fingerprint density at radius 3 is 2.76 bits per heavy atom. The lowest BCUT2D eigenvalue weighted by Crippen LogP contribution is -1.90. The molecule has 2 heterocycles. The van der Waals surface area contributed by atoms with E-state index in [1.54, 1.807) is 40.9 Å². The van der Waals surface area contributed by atoms with Crippen molar-refractivity contribution < 1.29 is 4.39 Å². The maximum absolute atomic E-state index is 13.7. The Kier molecular flexibility index (Phi) is 2.34. The zero-order valence-corrected chi connectivity index (χ0v) is 9.53. The first-order valence-electron chi connectivity index (χ1n) is 5.14. The van der Waals surface area contributed by atoms with Crippen LogP contribution in [-0.4, -0.2) is 9.38 Å². The van der Waals surface area contributed by atoms with E-state index in [4.69, 9.17) is 11.6 Å². The Bertz CT molecular complexity index is 691. The van der Waals surface area contributed by atoms with Crippen molar-refractivity contribution in [2.45, 2.75) is 0 Å². The van der Waals surface area contributed by atoms with E-state index in [0.29, 0.717) is 21.9 Å². The summed E-state index contributed by atoms with van der Waals surface area (Å²) in [4.78, 5) is 4.20. The third-order valence-electron chi connectivity index (χ3n) is 2.64. The Morgan fingerprint density at radius 2 is 1.94 bits per heavy atom. The molecule has 0 atom stereocenters. The zero-order valence-electron chi connectivity index (χ0n) is 8.77. The molecular formula is C13H8ClFN2. The van der Waals surface area contributed by atoms with Crippen LogP contribution in [0.3, 0.4) is 0 Å². The smallest absolute Gasteiger partial charge is 0.156 e. The maximum Gasteiger partial charge on any atom is 0.156 e. The monoisotopic (exact) mass is 246 g/mol. The second kappa shape index (κ2) is 3.86. The van der Waals surface area contributed by atoms with Gasteiger partial charge >= 0.3 is 0 Å². The van der Waals surface area contributed by atoms with E-state index in [1.165, 1.54) is 6.07 Å². The lowest BCUT2D eigenvalue weighted by atomic mass is 10.1. The lowest BCUT2D eigenvalue weighted by molar-refractivity contribution is 0.630. The van der Waals surface area contributed by atoms with Crippen molar-refractivity contribution in [2.75, 3.05) is 0 Å². The van der Waals surface area contributed by atoms with Crippen molar-refractivity contribution in [3.05, 3.63) is 59.6 Å². The van der Waals surface area contributed by atoms with Crippen LogP contribution in [-0.2, 0) is 0 Å². The van der Waals surface area contributed by atoms with Crippen molar-refractivity contribution in [3.63, 3.8) is 0 Å². The van der Waals surface area contributed by atoms with Gasteiger partial charge in [-0.1, -0.05) is 23.7 Å². The summed E-state index contributed by atoms with van der Waals surface area (Å²) >= 11 is 6.02. The highest BCUT2D eigenvalue weighted by molar-refractivity contribution is 6.33. The van der Waals surface area contributed by atoms with Gasteiger partial charge in [0, 0.05) is 11.8 Å². The molecule has 0 saturated carbocycles. The summed E-state index contributed by atoms with van der Waals surface area (Å²) in [6.45, 7) is 0. The quantitative estimate of drug-likeness (QED) is 0.639. The first-order valence-corrected chi connectivity index (χ1v) is 5.51. The summed E-state index contributed by atoms with van der Waals surface area (Å²) in [5.74, 6) is -0.269. The number of rotatable bonds is 1. The molecule has 0 amide bonds. The molecule has 4 heteroatoms. The normalized spacial score (nSPS) is 10.9. The minimum absolute atomic E-state index is 0.269. The van der Waals surface area contributed by atoms with Crippen molar-refractivity contribution in [1.82, 2.24) is 9.38 Å². The molecular weight excluding hydrogens is 239 g/mol. The van der Waals surface area contributed by atoms with Gasteiger partial charge in [0.15, 0.2) is 5.65 Å². The molecule has 3 rings (SSSR count). The van der Waals surface area contributed by atoms with Gasteiger partial charge in [-0.3, -0.25) is 4.40 Å². The number of hydrogen-bond acceptors (Lipinski definition) is 1. The van der Waals surface area contributed by atoms with Crippen LogP contribution in [0.25, 0.3) is 16.9 Å². The standard InChI is InChI=1S/C13H8ClFN2/c14-10-5-3-7-17-12(8-16-13(10)17)9-4-1-2-6-11(9)15/h1-8H. The topological polar surface area (TPSA) is 17.3 Å². The molecule has 0 spiro atoms. The highest BCUT2D eigenvalue weighted by Crippen LogP contribution is 2.26. The molecule has 0 radical (unpaired) electrons. The first-order chi connectivity index (χ1) is 8.27. The van der Waals surface area contributed by atoms with Crippen LogP contribution in [0, 0.1) is 5.82 Å². The number of pyridine rings is 1. The lowest BCUT2D eigenvalue weighted by Gasteiger charge is -2.03. The molecule has 0 saturated heterocycles. The molecule has 2 nitrogen and oxygen atoms in total. The van der Waals surface area contributed by atoms with Crippen LogP contribution in [0.5, 0.6) is 0 Å². The minimum atomic E-state index is -0.269. The summed E-state index contributed by atoms with van der Waals surface area (Å²) in [7, 11) is 0. The molecule has 3 aromatic rings. The fourth-order valence-corrected chi connectivity index (χ4v) is 2.06. The number of fused-ring (bicyclic) bond motifs is 1. The maximum atomic E-state index is 13.7. The van der Waals surface area contributed by atoms with Gasteiger partial charge in [0.05, 0.1) is 16.9 Å². The van der Waals surface area contributed by atoms with E-state index in [2.05, 4.69) is 4.98 Å². The second-order valence-electron chi connectivity index (χ2n) is 3.67. The third kappa shape index (κ3) is 1.59. The molecule has 0 aliphatic heterocycles. The van der Waals surface area contributed by atoms with Crippen molar-refractivity contribution >= 4 is 17.2 Å². The summed E-state index contributed by atoms with van der Waals surface area (Å²) in [6.07, 6.45) is 3.44. The predicted octanol–water partition coefficient (Wildman–Crippen LogP) is 3.79. The Hall–Kier alpha value is -1.87. The van der Waals surface area contributed by atoms with Crippen LogP contribution in [0.15, 0.2) is 48.8 Å². The highest BCUT2D eigenvalue weighted by Gasteiger charge is 2.10. The van der Waals surface area contributed by atoms with E-state index in [9.17, 15) is 4.39 Å². The summed E-state index contributed by atoms with van der Waals surface area (Å²) < 4.78 is 15.5. The highest BCUT2D eigenvalue weighted by atomic mass is 35.5. The molecule has 0 N–H and O–H groups in total. The molecule has 0 aliphatic rings. The molecule has 0 aliphatic carbocycles. The van der Waals surface area contributed by atoms with Crippen LogP contribution in [0.2, 0.25) is 5.02 Å². The predicted molar refractivity (Wildman–Crippen MR) is 65.6 cm³/mol. The Balaban J connectivity index is 2.33. The van der Waals surface area contributed by atoms with E-state index in [1.807, 2.05) is 6.20 Å². The van der Waals surface area contributed by atoms with Gasteiger partial charge in [-0.05, 0) is 24.3 Å². The Morgan fingerprint density at radius 1 is 1.12 bits per heavy atom. The van der Waals surface area contributed by atoms with Gasteiger partial charge in [-0.2, -0.15) is 0 Å². The van der Waals surface area contributed by atoms with Gasteiger partial charge in [-0.25, -0.2) is 9.37 Å². The number of nitrogens with zero attached hydrogens (tertiary/aromatic N) is 2. The number of benzene rings is 1. The van der Waals surface area contributed by atoms with Gasteiger partial charge < -0.3 is 0 Å². The van der Waals surface area contributed by atoms with Crippen LogP contribution < -0.4 is 0 Å². The molecule has 1 aromatic carbocycles. The molecule has 17 heavy (non-hydrogen) atoms. The number of hydrogen-bond donors (Lipinski definition) is 0. The van der Waals surface area contributed by atoms with Gasteiger partial charge in [0.2, 0.25) is 0 Å². The summed E-state index contributed by atoms with van der Waals surface area (Å²) in [5, 5.41) is 0.551. The van der Waals surface area contributed by atoms with Crippen LogP contribution in [0.1, 0.15) is 0 Å². The number of aromatic nitrogens is 2. The summed E-state index contributed by atoms with van der Waals surface area (Å²) in [5.41, 5.74) is 1.84. The van der Waals surface area contributed by atoms with E-state index in [0.717, 1.165) is 0 Å². The van der Waals surface area contributed by atoms with E-state index >= 15 is 0 Å². The SMILES string of the molecule is Fc1ccccc1-c1cnc2c(Cl)cccn12. The van der Waals surface area contributed by atoms with Crippen LogP contribution in [0.4, 0.5) is 4.39 Å². The van der Waals surface area contributed by atoms with Crippen LogP contribution >= 0.6 is 11.6 Å².